The third kappa shape index (κ3) is 4.83. The van der Waals surface area contributed by atoms with Gasteiger partial charge in [-0.25, -0.2) is 4.79 Å². The van der Waals surface area contributed by atoms with Gasteiger partial charge in [-0.15, -0.1) is 0 Å². The monoisotopic (exact) mass is 287 g/mol. The van der Waals surface area contributed by atoms with E-state index in [2.05, 4.69) is 10.1 Å². The molecule has 2 N–H and O–H groups in total. The molecule has 20 heavy (non-hydrogen) atoms. The molecule has 0 heterocycles. The fourth-order valence-corrected chi connectivity index (χ4v) is 1.62. The number of carboxylic acid groups (broad SMARTS) is 1. The van der Waals surface area contributed by atoms with Crippen molar-refractivity contribution in [3.05, 3.63) is 29.8 Å². The Balaban J connectivity index is 2.73. The molecule has 1 aromatic carbocycles. The van der Waals surface area contributed by atoms with E-state index in [1.54, 1.807) is 13.0 Å². The maximum atomic E-state index is 12.2. The summed E-state index contributed by atoms with van der Waals surface area (Å²) in [4.78, 5) is 22.5. The Morgan fingerprint density at radius 3 is 2.55 bits per heavy atom. The summed E-state index contributed by atoms with van der Waals surface area (Å²) >= 11 is 0. The van der Waals surface area contributed by atoms with Crippen molar-refractivity contribution >= 4 is 11.9 Å². The smallest absolute Gasteiger partial charge is 0.387 e. The van der Waals surface area contributed by atoms with Crippen LogP contribution >= 0.6 is 0 Å². The molecule has 1 amide bonds. The Hall–Kier alpha value is -2.18. The van der Waals surface area contributed by atoms with Crippen LogP contribution in [0.2, 0.25) is 0 Å². The fraction of sp³-hybridized carbons (Fsp3) is 0.385. The minimum atomic E-state index is -2.98. The number of aliphatic carboxylic acids is 1. The number of hydrogen-bond acceptors (Lipinski definition) is 3. The zero-order valence-electron chi connectivity index (χ0n) is 10.8. The maximum absolute atomic E-state index is 12.2. The summed E-state index contributed by atoms with van der Waals surface area (Å²) in [5, 5.41) is 11.1. The van der Waals surface area contributed by atoms with Crippen LogP contribution in [0.3, 0.4) is 0 Å². The molecule has 0 aliphatic carbocycles. The summed E-state index contributed by atoms with van der Waals surface area (Å²) in [5.74, 6) is -1.80. The van der Waals surface area contributed by atoms with Crippen LogP contribution in [-0.2, 0) is 16.0 Å². The second-order valence-electron chi connectivity index (χ2n) is 4.03. The van der Waals surface area contributed by atoms with Crippen molar-refractivity contribution in [1.82, 2.24) is 5.32 Å². The number of ether oxygens (including phenoxy) is 1. The Morgan fingerprint density at radius 2 is 2.00 bits per heavy atom. The minimum Gasteiger partial charge on any atom is -0.480 e. The molecule has 1 atom stereocenters. The average Bonchev–Trinajstić information content (AvgIpc) is 2.37. The number of carbonyl (C=O) groups is 2. The lowest BCUT2D eigenvalue weighted by Crippen LogP contribution is -2.41. The van der Waals surface area contributed by atoms with Crippen LogP contribution in [0.1, 0.15) is 18.9 Å². The van der Waals surface area contributed by atoms with Gasteiger partial charge in [0.25, 0.3) is 0 Å². The quantitative estimate of drug-likeness (QED) is 0.802. The summed E-state index contributed by atoms with van der Waals surface area (Å²) in [6.07, 6.45) is 0.00290. The van der Waals surface area contributed by atoms with Crippen molar-refractivity contribution in [3.63, 3.8) is 0 Å². The van der Waals surface area contributed by atoms with E-state index in [1.165, 1.54) is 18.2 Å². The van der Waals surface area contributed by atoms with Crippen molar-refractivity contribution < 1.29 is 28.2 Å². The van der Waals surface area contributed by atoms with E-state index >= 15 is 0 Å². The number of rotatable bonds is 7. The van der Waals surface area contributed by atoms with Crippen LogP contribution in [0.5, 0.6) is 5.75 Å². The Labute approximate surface area is 114 Å². The van der Waals surface area contributed by atoms with E-state index < -0.39 is 24.5 Å². The molecule has 0 aromatic heterocycles. The third-order valence-corrected chi connectivity index (χ3v) is 2.58. The van der Waals surface area contributed by atoms with Gasteiger partial charge in [-0.2, -0.15) is 8.78 Å². The summed E-state index contributed by atoms with van der Waals surface area (Å²) < 4.78 is 28.7. The second-order valence-corrected chi connectivity index (χ2v) is 4.03. The summed E-state index contributed by atoms with van der Waals surface area (Å²) in [7, 11) is 0. The largest absolute Gasteiger partial charge is 0.480 e. The van der Waals surface area contributed by atoms with Gasteiger partial charge in [0.05, 0.1) is 6.42 Å². The molecule has 0 bridgehead atoms. The number of para-hydroxylation sites is 1. The standard InChI is InChI=1S/C13H15F2NO4/c1-2-9(12(18)19)16-11(17)7-8-5-3-4-6-10(8)20-13(14)15/h3-6,9,13H,2,7H2,1H3,(H,16,17)(H,18,19). The van der Waals surface area contributed by atoms with Crippen molar-refractivity contribution in [2.75, 3.05) is 0 Å². The van der Waals surface area contributed by atoms with Crippen molar-refractivity contribution in [2.24, 2.45) is 0 Å². The van der Waals surface area contributed by atoms with E-state index in [4.69, 9.17) is 5.11 Å². The molecule has 110 valence electrons. The predicted molar refractivity (Wildman–Crippen MR) is 66.6 cm³/mol. The molecule has 0 saturated carbocycles. The van der Waals surface area contributed by atoms with Crippen LogP contribution in [0.25, 0.3) is 0 Å². The molecule has 0 aliphatic heterocycles. The molecule has 1 unspecified atom stereocenters. The zero-order chi connectivity index (χ0) is 15.1. The normalized spacial score (nSPS) is 12.0. The Bertz CT molecular complexity index is 479. The van der Waals surface area contributed by atoms with Gasteiger partial charge in [0, 0.05) is 5.56 Å². The number of benzene rings is 1. The van der Waals surface area contributed by atoms with Crippen molar-refractivity contribution in [2.45, 2.75) is 32.4 Å². The molecule has 1 aromatic rings. The van der Waals surface area contributed by atoms with Gasteiger partial charge in [-0.3, -0.25) is 4.79 Å². The summed E-state index contributed by atoms with van der Waals surface area (Å²) in [5.41, 5.74) is 0.269. The van der Waals surface area contributed by atoms with Gasteiger partial charge < -0.3 is 15.2 Å². The highest BCUT2D eigenvalue weighted by Crippen LogP contribution is 2.20. The van der Waals surface area contributed by atoms with Gasteiger partial charge in [-0.05, 0) is 12.5 Å². The predicted octanol–water partition coefficient (Wildman–Crippen LogP) is 1.81. The van der Waals surface area contributed by atoms with Gasteiger partial charge in [-0.1, -0.05) is 25.1 Å². The lowest BCUT2D eigenvalue weighted by atomic mass is 10.1. The highest BCUT2D eigenvalue weighted by molar-refractivity contribution is 5.85. The Morgan fingerprint density at radius 1 is 1.35 bits per heavy atom. The lowest BCUT2D eigenvalue weighted by Gasteiger charge is -2.14. The molecular formula is C13H15F2NO4. The summed E-state index contributed by atoms with van der Waals surface area (Å²) in [6, 6.07) is 4.88. The van der Waals surface area contributed by atoms with Gasteiger partial charge in [0.15, 0.2) is 0 Å². The molecule has 7 heteroatoms. The van der Waals surface area contributed by atoms with Crippen LogP contribution < -0.4 is 10.1 Å². The lowest BCUT2D eigenvalue weighted by molar-refractivity contribution is -0.141. The van der Waals surface area contributed by atoms with E-state index in [0.717, 1.165) is 0 Å². The van der Waals surface area contributed by atoms with E-state index in [9.17, 15) is 18.4 Å². The van der Waals surface area contributed by atoms with Crippen molar-refractivity contribution in [3.8, 4) is 5.75 Å². The number of carboxylic acids is 1. The van der Waals surface area contributed by atoms with Crippen LogP contribution in [-0.4, -0.2) is 29.6 Å². The molecule has 5 nitrogen and oxygen atoms in total. The van der Waals surface area contributed by atoms with E-state index in [-0.39, 0.29) is 24.2 Å². The fourth-order valence-electron chi connectivity index (χ4n) is 1.62. The minimum absolute atomic E-state index is 0.0963. The SMILES string of the molecule is CCC(NC(=O)Cc1ccccc1OC(F)F)C(=O)O. The first-order valence-corrected chi connectivity index (χ1v) is 5.99. The molecule has 0 saturated heterocycles. The number of halogens is 2. The first kappa shape index (κ1) is 15.9. The Kier molecular flexibility index (Phi) is 5.89. The van der Waals surface area contributed by atoms with Crippen LogP contribution in [0.4, 0.5) is 8.78 Å². The van der Waals surface area contributed by atoms with E-state index in [0.29, 0.717) is 0 Å². The molecule has 1 rings (SSSR count). The van der Waals surface area contributed by atoms with Crippen LogP contribution in [0.15, 0.2) is 24.3 Å². The highest BCUT2D eigenvalue weighted by Gasteiger charge is 2.19. The molecule has 0 fully saturated rings. The average molecular weight is 287 g/mol. The number of hydrogen-bond donors (Lipinski definition) is 2. The molecule has 0 radical (unpaired) electrons. The molecular weight excluding hydrogens is 272 g/mol. The first-order chi connectivity index (χ1) is 9.43. The zero-order valence-corrected chi connectivity index (χ0v) is 10.8. The van der Waals surface area contributed by atoms with Gasteiger partial charge in [0.1, 0.15) is 11.8 Å². The van der Waals surface area contributed by atoms with Crippen LogP contribution in [0, 0.1) is 0 Å². The topological polar surface area (TPSA) is 75.6 Å². The molecule has 0 aliphatic rings. The summed E-state index contributed by atoms with van der Waals surface area (Å²) in [6.45, 7) is -1.37. The number of nitrogens with one attached hydrogen (secondary N) is 1. The van der Waals surface area contributed by atoms with Gasteiger partial charge >= 0.3 is 12.6 Å². The highest BCUT2D eigenvalue weighted by atomic mass is 19.3. The first-order valence-electron chi connectivity index (χ1n) is 5.99. The third-order valence-electron chi connectivity index (χ3n) is 2.58. The number of amides is 1. The number of carbonyl (C=O) groups excluding carboxylic acids is 1. The van der Waals surface area contributed by atoms with E-state index in [1.807, 2.05) is 0 Å². The maximum Gasteiger partial charge on any atom is 0.387 e. The number of alkyl halides is 2. The second kappa shape index (κ2) is 7.42. The van der Waals surface area contributed by atoms with Crippen molar-refractivity contribution in [1.29, 1.82) is 0 Å². The van der Waals surface area contributed by atoms with Gasteiger partial charge in [0.2, 0.25) is 5.91 Å². The molecule has 0 spiro atoms.